The van der Waals surface area contributed by atoms with Crippen LogP contribution in [-0.2, 0) is 28.3 Å². The van der Waals surface area contributed by atoms with Crippen molar-refractivity contribution in [1.29, 1.82) is 0 Å². The predicted molar refractivity (Wildman–Crippen MR) is 210 cm³/mol. The Morgan fingerprint density at radius 1 is 0.945 bits per heavy atom. The number of rotatable bonds is 9. The van der Waals surface area contributed by atoms with Gasteiger partial charge in [0.2, 0.25) is 6.79 Å². The van der Waals surface area contributed by atoms with Crippen molar-refractivity contribution in [3.05, 3.63) is 75.9 Å². The number of pyridine rings is 2. The molecule has 0 spiro atoms. The summed E-state index contributed by atoms with van der Waals surface area (Å²) in [7, 11) is -4.08. The second-order valence-electron chi connectivity index (χ2n) is 17.3. The number of hydrogen-bond acceptors (Lipinski definition) is 11. The molecule has 1 amide bonds. The lowest BCUT2D eigenvalue weighted by molar-refractivity contribution is -0.0353. The second kappa shape index (κ2) is 15.2. The van der Waals surface area contributed by atoms with Crippen molar-refractivity contribution in [3.8, 4) is 11.3 Å². The second-order valence-corrected chi connectivity index (χ2v) is 19.2. The third-order valence-electron chi connectivity index (χ3n) is 8.65. The van der Waals surface area contributed by atoms with Gasteiger partial charge in [-0.2, -0.15) is 0 Å². The van der Waals surface area contributed by atoms with Crippen LogP contribution >= 0.6 is 19.4 Å². The largest absolute Gasteiger partial charge is 0.478 e. The first-order chi connectivity index (χ1) is 25.3. The van der Waals surface area contributed by atoms with E-state index in [1.807, 2.05) is 45.6 Å². The fourth-order valence-electron chi connectivity index (χ4n) is 6.25. The summed E-state index contributed by atoms with van der Waals surface area (Å²) in [5.74, 6) is -0.762. The standard InChI is InChI=1S/C40H51ClFN4O8P/c1-24-26(36(48)50-23-51-55(49,53-38(5,6)7)54-39(8,9)10)14-16-33(43-24)45-17-18-46(40(11,12)22-45)35(47)32-21-31-34(52-32)27(37(2,3)4)20-30(44-31)25-13-15-28(41)29(42)19-25/h13-16,19-21H,17-18,22-23H2,1-12H3. The average Bonchev–Trinajstić information content (AvgIpc) is 3.46. The minimum atomic E-state index is -4.08. The summed E-state index contributed by atoms with van der Waals surface area (Å²) >= 11 is 5.93. The molecule has 3 aromatic heterocycles. The molecule has 0 aliphatic carbocycles. The number of ether oxygens (including phenoxy) is 1. The van der Waals surface area contributed by atoms with Gasteiger partial charge in [0.15, 0.2) is 11.3 Å². The lowest BCUT2D eigenvalue weighted by Gasteiger charge is -2.47. The highest BCUT2D eigenvalue weighted by atomic mass is 35.5. The summed E-state index contributed by atoms with van der Waals surface area (Å²) in [6.45, 7) is 22.6. The molecule has 12 nitrogen and oxygen atoms in total. The van der Waals surface area contributed by atoms with E-state index in [2.05, 4.69) is 4.98 Å². The zero-order valence-electron chi connectivity index (χ0n) is 33.6. The molecule has 0 unspecified atom stereocenters. The van der Waals surface area contributed by atoms with E-state index in [-0.39, 0.29) is 27.7 Å². The van der Waals surface area contributed by atoms with Crippen LogP contribution in [0.25, 0.3) is 22.4 Å². The van der Waals surface area contributed by atoms with Gasteiger partial charge in [-0.15, -0.1) is 0 Å². The molecule has 0 atom stereocenters. The molecule has 1 fully saturated rings. The van der Waals surface area contributed by atoms with Gasteiger partial charge in [0.25, 0.3) is 5.91 Å². The number of phosphoric ester groups is 1. The number of nitrogens with zero attached hydrogens (tertiary/aromatic N) is 4. The van der Waals surface area contributed by atoms with Crippen LogP contribution in [0.3, 0.4) is 0 Å². The van der Waals surface area contributed by atoms with Crippen LogP contribution in [0.5, 0.6) is 0 Å². The Morgan fingerprint density at radius 2 is 1.60 bits per heavy atom. The van der Waals surface area contributed by atoms with Gasteiger partial charge in [-0.3, -0.25) is 13.8 Å². The number of aromatic nitrogens is 2. The quantitative estimate of drug-likeness (QED) is 0.0910. The van der Waals surface area contributed by atoms with Crippen LogP contribution in [0.4, 0.5) is 10.2 Å². The number of anilines is 1. The zero-order valence-corrected chi connectivity index (χ0v) is 35.3. The number of halogens is 2. The van der Waals surface area contributed by atoms with Gasteiger partial charge in [-0.05, 0) is 98.1 Å². The number of carbonyl (C=O) groups excluding carboxylic acids is 2. The Morgan fingerprint density at radius 3 is 2.16 bits per heavy atom. The summed E-state index contributed by atoms with van der Waals surface area (Å²) < 4.78 is 55.7. The number of furan rings is 1. The van der Waals surface area contributed by atoms with Gasteiger partial charge in [-0.1, -0.05) is 38.4 Å². The summed E-state index contributed by atoms with van der Waals surface area (Å²) in [6, 6.07) is 11.4. The van der Waals surface area contributed by atoms with Crippen molar-refractivity contribution < 1.29 is 41.3 Å². The third-order valence-corrected chi connectivity index (χ3v) is 10.9. The predicted octanol–water partition coefficient (Wildman–Crippen LogP) is 9.90. The molecule has 1 aliphatic heterocycles. The first-order valence-corrected chi connectivity index (χ1v) is 19.9. The molecule has 15 heteroatoms. The molecule has 4 heterocycles. The average molecular weight is 801 g/mol. The molecule has 1 saturated heterocycles. The van der Waals surface area contributed by atoms with Crippen LogP contribution < -0.4 is 4.90 Å². The minimum absolute atomic E-state index is 0.0224. The smallest absolute Gasteiger partial charge is 0.449 e. The van der Waals surface area contributed by atoms with Gasteiger partial charge < -0.3 is 19.0 Å². The number of esters is 1. The van der Waals surface area contributed by atoms with Crippen molar-refractivity contribution in [2.75, 3.05) is 31.3 Å². The summed E-state index contributed by atoms with van der Waals surface area (Å²) in [5, 5.41) is 0.0224. The SMILES string of the molecule is Cc1nc(N2CCN(C(=O)c3cc4nc(-c5ccc(Cl)c(F)c5)cc(C(C)(C)C)c4o3)C(C)(C)C2)ccc1C(=O)OCOP(=O)(OC(C)(C)C)OC(C)(C)C. The first kappa shape index (κ1) is 42.3. The Labute approximate surface area is 327 Å². The third kappa shape index (κ3) is 10.1. The maximum atomic E-state index is 14.4. The fraction of sp³-hybridized carbons (Fsp3) is 0.500. The highest BCUT2D eigenvalue weighted by Crippen LogP contribution is 2.55. The van der Waals surface area contributed by atoms with E-state index in [0.717, 1.165) is 5.56 Å². The molecule has 0 bridgehead atoms. The topological polar surface area (TPSA) is 134 Å². The van der Waals surface area contributed by atoms with Gasteiger partial charge in [0.1, 0.15) is 17.2 Å². The van der Waals surface area contributed by atoms with Crippen LogP contribution in [-0.4, -0.2) is 69.9 Å². The van der Waals surface area contributed by atoms with Crippen molar-refractivity contribution in [2.45, 2.75) is 105 Å². The highest BCUT2D eigenvalue weighted by molar-refractivity contribution is 7.48. The summed E-state index contributed by atoms with van der Waals surface area (Å²) in [6.07, 6.45) is 0. The van der Waals surface area contributed by atoms with E-state index in [4.69, 9.17) is 39.3 Å². The lowest BCUT2D eigenvalue weighted by Crippen LogP contribution is -2.61. The van der Waals surface area contributed by atoms with Crippen molar-refractivity contribution in [3.63, 3.8) is 0 Å². The molecule has 298 valence electrons. The van der Waals surface area contributed by atoms with Gasteiger partial charge in [0, 0.05) is 36.8 Å². The van der Waals surface area contributed by atoms with E-state index in [9.17, 15) is 18.5 Å². The van der Waals surface area contributed by atoms with Crippen molar-refractivity contribution in [1.82, 2.24) is 14.9 Å². The number of aryl methyl sites for hydroxylation is 1. The van der Waals surface area contributed by atoms with Crippen LogP contribution in [0, 0.1) is 12.7 Å². The van der Waals surface area contributed by atoms with Crippen LogP contribution in [0.1, 0.15) is 108 Å². The number of benzene rings is 1. The Hall–Kier alpha value is -3.87. The molecule has 4 aromatic rings. The van der Waals surface area contributed by atoms with E-state index < -0.39 is 43.1 Å². The number of amides is 1. The summed E-state index contributed by atoms with van der Waals surface area (Å²) in [4.78, 5) is 40.4. The van der Waals surface area contributed by atoms with Gasteiger partial charge >= 0.3 is 13.8 Å². The fourth-order valence-corrected chi connectivity index (χ4v) is 8.04. The molecule has 1 aromatic carbocycles. The molecular weight excluding hydrogens is 750 g/mol. The molecular formula is C40H51ClFN4O8P. The van der Waals surface area contributed by atoms with E-state index in [1.165, 1.54) is 12.1 Å². The summed E-state index contributed by atoms with van der Waals surface area (Å²) in [5.41, 5.74) is 0.841. The molecule has 0 N–H and O–H groups in total. The molecule has 0 saturated carbocycles. The molecule has 0 radical (unpaired) electrons. The minimum Gasteiger partial charge on any atom is -0.449 e. The first-order valence-electron chi connectivity index (χ1n) is 18.0. The number of carbonyl (C=O) groups is 2. The Balaban J connectivity index is 1.29. The van der Waals surface area contributed by atoms with E-state index in [1.54, 1.807) is 77.6 Å². The number of hydrogen-bond donors (Lipinski definition) is 0. The van der Waals surface area contributed by atoms with Gasteiger partial charge in [-0.25, -0.2) is 28.2 Å². The van der Waals surface area contributed by atoms with E-state index >= 15 is 0 Å². The van der Waals surface area contributed by atoms with Crippen molar-refractivity contribution in [2.24, 2.45) is 0 Å². The highest BCUT2D eigenvalue weighted by Gasteiger charge is 2.40. The molecule has 5 rings (SSSR count). The number of piperazine rings is 1. The van der Waals surface area contributed by atoms with Crippen LogP contribution in [0.15, 0.2) is 46.9 Å². The number of phosphoric acid groups is 1. The lowest BCUT2D eigenvalue weighted by atomic mass is 9.86. The maximum absolute atomic E-state index is 14.4. The molecule has 1 aliphatic rings. The molecule has 55 heavy (non-hydrogen) atoms. The Kier molecular flexibility index (Phi) is 11.7. The van der Waals surface area contributed by atoms with E-state index in [0.29, 0.717) is 53.5 Å². The monoisotopic (exact) mass is 800 g/mol. The maximum Gasteiger partial charge on any atom is 0.478 e. The number of fused-ring (bicyclic) bond motifs is 1. The van der Waals surface area contributed by atoms with Gasteiger partial charge in [0.05, 0.1) is 38.7 Å². The normalized spacial score (nSPS) is 15.5. The zero-order chi connectivity index (χ0) is 40.9. The Bertz CT molecular complexity index is 2130. The van der Waals surface area contributed by atoms with Crippen molar-refractivity contribution >= 4 is 48.2 Å². The van der Waals surface area contributed by atoms with Crippen LogP contribution in [0.2, 0.25) is 5.02 Å².